The van der Waals surface area contributed by atoms with E-state index in [2.05, 4.69) is 16.2 Å². The summed E-state index contributed by atoms with van der Waals surface area (Å²) in [6, 6.07) is 2.21. The average Bonchev–Trinajstić information content (AvgIpc) is 3.11. The largest absolute Gasteiger partial charge is 0.333 e. The minimum atomic E-state index is -0.359. The zero-order valence-corrected chi connectivity index (χ0v) is 12.9. The van der Waals surface area contributed by atoms with Gasteiger partial charge in [0, 0.05) is 4.88 Å². The van der Waals surface area contributed by atoms with Crippen LogP contribution in [0.1, 0.15) is 48.4 Å². The maximum atomic E-state index is 6.36. The fourth-order valence-electron chi connectivity index (χ4n) is 3.19. The van der Waals surface area contributed by atoms with Crippen molar-refractivity contribution in [3.8, 4) is 10.8 Å². The van der Waals surface area contributed by atoms with E-state index in [-0.39, 0.29) is 17.9 Å². The molecule has 0 unspecified atom stereocenters. The van der Waals surface area contributed by atoms with E-state index in [4.69, 9.17) is 10.3 Å². The lowest BCUT2D eigenvalue weighted by Crippen LogP contribution is -2.34. The SMILES string of the molecule is Cl.NC1(c2noc(-c3cc4c(s3)CCC4)n2)CCCC1. The minimum Gasteiger partial charge on any atom is -0.333 e. The third-order valence-electron chi connectivity index (χ3n) is 4.32. The topological polar surface area (TPSA) is 64.9 Å². The predicted molar refractivity (Wildman–Crippen MR) is 81.2 cm³/mol. The second kappa shape index (κ2) is 5.13. The summed E-state index contributed by atoms with van der Waals surface area (Å²) in [6.07, 6.45) is 7.92. The van der Waals surface area contributed by atoms with E-state index in [1.54, 1.807) is 11.3 Å². The molecule has 4 nitrogen and oxygen atoms in total. The molecule has 0 aromatic carbocycles. The van der Waals surface area contributed by atoms with Gasteiger partial charge in [0.25, 0.3) is 5.89 Å². The zero-order valence-electron chi connectivity index (χ0n) is 11.2. The molecule has 0 spiro atoms. The molecule has 2 N–H and O–H groups in total. The monoisotopic (exact) mass is 311 g/mol. The number of rotatable bonds is 2. The predicted octanol–water partition coefficient (Wildman–Crippen LogP) is 3.44. The third kappa shape index (κ3) is 2.18. The van der Waals surface area contributed by atoms with Gasteiger partial charge < -0.3 is 10.3 Å². The summed E-state index contributed by atoms with van der Waals surface area (Å²) in [5.74, 6) is 1.33. The van der Waals surface area contributed by atoms with Crippen molar-refractivity contribution in [2.24, 2.45) is 5.73 Å². The first-order valence-electron chi connectivity index (χ1n) is 7.00. The van der Waals surface area contributed by atoms with E-state index in [1.165, 1.54) is 29.7 Å². The Hall–Kier alpha value is -0.910. The maximum Gasteiger partial charge on any atom is 0.268 e. The highest BCUT2D eigenvalue weighted by Gasteiger charge is 2.36. The van der Waals surface area contributed by atoms with Crippen molar-refractivity contribution in [2.75, 3.05) is 0 Å². The molecule has 0 aliphatic heterocycles. The molecule has 6 heteroatoms. The first-order chi connectivity index (χ1) is 9.24. The molecule has 20 heavy (non-hydrogen) atoms. The molecule has 2 aromatic heterocycles. The molecule has 108 valence electrons. The average molecular weight is 312 g/mol. The van der Waals surface area contributed by atoms with Gasteiger partial charge in [-0.25, -0.2) is 0 Å². The van der Waals surface area contributed by atoms with Crippen LogP contribution < -0.4 is 5.73 Å². The fourth-order valence-corrected chi connectivity index (χ4v) is 4.37. The van der Waals surface area contributed by atoms with Crippen molar-refractivity contribution in [3.63, 3.8) is 0 Å². The summed E-state index contributed by atoms with van der Waals surface area (Å²) in [6.45, 7) is 0. The molecule has 4 rings (SSSR count). The summed E-state index contributed by atoms with van der Waals surface area (Å²) in [7, 11) is 0. The van der Waals surface area contributed by atoms with E-state index in [0.717, 1.165) is 30.6 Å². The van der Waals surface area contributed by atoms with Crippen LogP contribution in [0.2, 0.25) is 0 Å². The Balaban J connectivity index is 0.00000121. The van der Waals surface area contributed by atoms with Crippen LogP contribution in [0.15, 0.2) is 10.6 Å². The number of halogens is 1. The van der Waals surface area contributed by atoms with E-state index < -0.39 is 0 Å². The Morgan fingerprint density at radius 1 is 1.20 bits per heavy atom. The number of aromatic nitrogens is 2. The van der Waals surface area contributed by atoms with Crippen molar-refractivity contribution >= 4 is 23.7 Å². The van der Waals surface area contributed by atoms with Crippen LogP contribution >= 0.6 is 23.7 Å². The van der Waals surface area contributed by atoms with Gasteiger partial charge in [-0.3, -0.25) is 0 Å². The molecule has 2 heterocycles. The van der Waals surface area contributed by atoms with Gasteiger partial charge in [-0.05, 0) is 43.7 Å². The Labute approximate surface area is 128 Å². The lowest BCUT2D eigenvalue weighted by molar-refractivity contribution is 0.373. The summed E-state index contributed by atoms with van der Waals surface area (Å²) in [4.78, 5) is 7.14. The third-order valence-corrected chi connectivity index (χ3v) is 5.55. The van der Waals surface area contributed by atoms with Gasteiger partial charge in [0.15, 0.2) is 5.82 Å². The van der Waals surface area contributed by atoms with Gasteiger partial charge in [0.05, 0.1) is 10.4 Å². The van der Waals surface area contributed by atoms with Crippen LogP contribution in [0.5, 0.6) is 0 Å². The van der Waals surface area contributed by atoms with Gasteiger partial charge >= 0.3 is 0 Å². The number of aryl methyl sites for hydroxylation is 2. The molecule has 1 fully saturated rings. The molecule has 1 saturated carbocycles. The first kappa shape index (κ1) is 14.0. The van der Waals surface area contributed by atoms with Gasteiger partial charge in [-0.1, -0.05) is 18.0 Å². The molecule has 2 aromatic rings. The van der Waals surface area contributed by atoms with Crippen LogP contribution in [-0.2, 0) is 18.4 Å². The molecule has 2 aliphatic rings. The molecule has 0 saturated heterocycles. The highest BCUT2D eigenvalue weighted by molar-refractivity contribution is 7.15. The zero-order chi connectivity index (χ0) is 12.9. The van der Waals surface area contributed by atoms with Crippen molar-refractivity contribution in [3.05, 3.63) is 22.3 Å². The number of hydrogen-bond acceptors (Lipinski definition) is 5. The van der Waals surface area contributed by atoms with Gasteiger partial charge in [0.1, 0.15) is 0 Å². The Kier molecular flexibility index (Phi) is 3.60. The number of hydrogen-bond donors (Lipinski definition) is 1. The molecule has 0 radical (unpaired) electrons. The molecule has 0 atom stereocenters. The summed E-state index contributed by atoms with van der Waals surface area (Å²) < 4.78 is 5.43. The molecular weight excluding hydrogens is 294 g/mol. The van der Waals surface area contributed by atoms with Crippen LogP contribution in [0.25, 0.3) is 10.8 Å². The fraction of sp³-hybridized carbons (Fsp3) is 0.571. The van der Waals surface area contributed by atoms with Crippen molar-refractivity contribution in [2.45, 2.75) is 50.5 Å². The van der Waals surface area contributed by atoms with Crippen molar-refractivity contribution in [1.29, 1.82) is 0 Å². The molecule has 2 aliphatic carbocycles. The molecule has 0 amide bonds. The standard InChI is InChI=1S/C14H17N3OS.ClH/c15-14(6-1-2-7-14)13-16-12(18-17-13)11-8-9-4-3-5-10(9)19-11;/h8H,1-7,15H2;1H. The minimum absolute atomic E-state index is 0. The van der Waals surface area contributed by atoms with Gasteiger partial charge in [-0.2, -0.15) is 4.98 Å². The molecule has 0 bridgehead atoms. The van der Waals surface area contributed by atoms with Crippen LogP contribution in [-0.4, -0.2) is 10.1 Å². The lowest BCUT2D eigenvalue weighted by atomic mass is 9.99. The molecular formula is C14H18ClN3OS. The summed E-state index contributed by atoms with van der Waals surface area (Å²) in [5, 5.41) is 4.12. The first-order valence-corrected chi connectivity index (χ1v) is 7.81. The Morgan fingerprint density at radius 2 is 2.00 bits per heavy atom. The highest BCUT2D eigenvalue weighted by Crippen LogP contribution is 2.38. The Bertz CT molecular complexity index is 594. The normalized spacial score (nSPS) is 19.9. The van der Waals surface area contributed by atoms with Crippen molar-refractivity contribution in [1.82, 2.24) is 10.1 Å². The van der Waals surface area contributed by atoms with E-state index in [1.807, 2.05) is 0 Å². The van der Waals surface area contributed by atoms with Crippen LogP contribution in [0.4, 0.5) is 0 Å². The Morgan fingerprint density at radius 3 is 2.75 bits per heavy atom. The van der Waals surface area contributed by atoms with Crippen LogP contribution in [0.3, 0.4) is 0 Å². The summed E-state index contributed by atoms with van der Waals surface area (Å²) >= 11 is 1.79. The number of nitrogens with zero attached hydrogens (tertiary/aromatic N) is 2. The van der Waals surface area contributed by atoms with E-state index >= 15 is 0 Å². The summed E-state index contributed by atoms with van der Waals surface area (Å²) in [5.41, 5.74) is 7.46. The highest BCUT2D eigenvalue weighted by atomic mass is 35.5. The quantitative estimate of drug-likeness (QED) is 0.922. The van der Waals surface area contributed by atoms with Gasteiger partial charge in [-0.15, -0.1) is 23.7 Å². The van der Waals surface area contributed by atoms with E-state index in [9.17, 15) is 0 Å². The number of thiophene rings is 1. The number of nitrogens with two attached hydrogens (primary N) is 1. The van der Waals surface area contributed by atoms with E-state index in [0.29, 0.717) is 11.7 Å². The second-order valence-electron chi connectivity index (χ2n) is 5.70. The maximum absolute atomic E-state index is 6.36. The van der Waals surface area contributed by atoms with Crippen LogP contribution in [0, 0.1) is 0 Å². The number of fused-ring (bicyclic) bond motifs is 1. The smallest absolute Gasteiger partial charge is 0.268 e. The van der Waals surface area contributed by atoms with Gasteiger partial charge in [0.2, 0.25) is 0 Å². The second-order valence-corrected chi connectivity index (χ2v) is 6.84. The van der Waals surface area contributed by atoms with Crippen molar-refractivity contribution < 1.29 is 4.52 Å². The lowest BCUT2D eigenvalue weighted by Gasteiger charge is -2.17.